The highest BCUT2D eigenvalue weighted by molar-refractivity contribution is 5.33. The van der Waals surface area contributed by atoms with Crippen molar-refractivity contribution in [2.24, 2.45) is 0 Å². The third kappa shape index (κ3) is 2.50. The van der Waals surface area contributed by atoms with Crippen LogP contribution in [0.25, 0.3) is 0 Å². The van der Waals surface area contributed by atoms with E-state index in [1.54, 1.807) is 6.07 Å². The molecule has 0 saturated heterocycles. The van der Waals surface area contributed by atoms with Gasteiger partial charge in [-0.25, -0.2) is 4.39 Å². The summed E-state index contributed by atoms with van der Waals surface area (Å²) in [7, 11) is 0. The van der Waals surface area contributed by atoms with Crippen LogP contribution in [0.15, 0.2) is 18.2 Å². The molecular weight excluding hydrogens is 219 g/mol. The summed E-state index contributed by atoms with van der Waals surface area (Å²) < 4.78 is 13.2. The van der Waals surface area contributed by atoms with Crippen molar-refractivity contribution >= 4 is 0 Å². The van der Waals surface area contributed by atoms with Gasteiger partial charge in [-0.3, -0.25) is 0 Å². The quantitative estimate of drug-likeness (QED) is 0.831. The molecule has 0 heterocycles. The smallest absolute Gasteiger partial charge is 0.123 e. The molecule has 2 nitrogen and oxygen atoms in total. The monoisotopic (exact) mass is 238 g/mol. The van der Waals surface area contributed by atoms with Crippen LogP contribution >= 0.6 is 0 Å². The van der Waals surface area contributed by atoms with Gasteiger partial charge in [0.1, 0.15) is 5.82 Å². The zero-order chi connectivity index (χ0) is 12.5. The highest BCUT2D eigenvalue weighted by atomic mass is 19.1. The normalized spacial score (nSPS) is 29.3. The average Bonchev–Trinajstić information content (AvgIpc) is 2.33. The van der Waals surface area contributed by atoms with E-state index in [9.17, 15) is 14.6 Å². The van der Waals surface area contributed by atoms with Crippen LogP contribution in [0.5, 0.6) is 0 Å². The molecule has 1 aliphatic carbocycles. The van der Waals surface area contributed by atoms with Gasteiger partial charge in [0.05, 0.1) is 11.7 Å². The predicted octanol–water partition coefficient (Wildman–Crippen LogP) is 2.51. The maximum atomic E-state index is 13.2. The van der Waals surface area contributed by atoms with E-state index in [2.05, 4.69) is 0 Å². The van der Waals surface area contributed by atoms with Crippen LogP contribution < -0.4 is 0 Å². The first-order valence-corrected chi connectivity index (χ1v) is 6.24. The highest BCUT2D eigenvalue weighted by Crippen LogP contribution is 2.38. The number of benzene rings is 1. The number of aliphatic hydroxyl groups excluding tert-OH is 1. The lowest BCUT2D eigenvalue weighted by atomic mass is 9.76. The van der Waals surface area contributed by atoms with Gasteiger partial charge >= 0.3 is 0 Å². The number of aliphatic hydroxyl groups is 2. The Bertz CT molecular complexity index is 395. The molecule has 94 valence electrons. The van der Waals surface area contributed by atoms with Crippen LogP contribution in [0.4, 0.5) is 4.39 Å². The van der Waals surface area contributed by atoms with Gasteiger partial charge in [-0.15, -0.1) is 0 Å². The van der Waals surface area contributed by atoms with E-state index in [0.717, 1.165) is 11.1 Å². The molecule has 0 atom stereocenters. The first-order valence-electron chi connectivity index (χ1n) is 6.24. The fraction of sp³-hybridized carbons (Fsp3) is 0.571. The summed E-state index contributed by atoms with van der Waals surface area (Å²) in [4.78, 5) is 0. The van der Waals surface area contributed by atoms with Crippen LogP contribution in [0.2, 0.25) is 0 Å². The van der Waals surface area contributed by atoms with E-state index in [1.807, 2.05) is 6.92 Å². The Hall–Kier alpha value is -0.930. The molecule has 0 aliphatic heterocycles. The SMILES string of the molecule is CCc1cc(F)ccc1C1(O)CCC(O)CC1. The molecule has 2 N–H and O–H groups in total. The number of halogens is 1. The first-order chi connectivity index (χ1) is 8.05. The number of hydrogen-bond acceptors (Lipinski definition) is 2. The van der Waals surface area contributed by atoms with E-state index < -0.39 is 5.60 Å². The maximum absolute atomic E-state index is 13.2. The number of rotatable bonds is 2. The average molecular weight is 238 g/mol. The number of hydrogen-bond donors (Lipinski definition) is 2. The van der Waals surface area contributed by atoms with E-state index in [-0.39, 0.29) is 11.9 Å². The summed E-state index contributed by atoms with van der Waals surface area (Å²) in [5.74, 6) is -0.259. The summed E-state index contributed by atoms with van der Waals surface area (Å²) in [5, 5.41) is 20.1. The molecule has 0 aromatic heterocycles. The Balaban J connectivity index is 2.32. The zero-order valence-corrected chi connectivity index (χ0v) is 10.1. The van der Waals surface area contributed by atoms with Crippen LogP contribution in [0, 0.1) is 5.82 Å². The van der Waals surface area contributed by atoms with Crippen molar-refractivity contribution in [2.75, 3.05) is 0 Å². The second-order valence-electron chi connectivity index (χ2n) is 4.92. The van der Waals surface area contributed by atoms with Crippen LogP contribution in [0.3, 0.4) is 0 Å². The molecule has 1 aromatic carbocycles. The van der Waals surface area contributed by atoms with Gasteiger partial charge in [0.2, 0.25) is 0 Å². The fourth-order valence-corrected chi connectivity index (χ4v) is 2.66. The Morgan fingerprint density at radius 3 is 2.59 bits per heavy atom. The Labute approximate surface area is 101 Å². The highest BCUT2D eigenvalue weighted by Gasteiger charge is 2.35. The summed E-state index contributed by atoms with van der Waals surface area (Å²) in [6.07, 6.45) is 2.71. The lowest BCUT2D eigenvalue weighted by Crippen LogP contribution is -2.34. The standard InChI is InChI=1S/C14H19FO2/c1-2-10-9-11(15)3-4-13(10)14(17)7-5-12(16)6-8-14/h3-4,9,12,16-17H,2,5-8H2,1H3. The number of aryl methyl sites for hydroxylation is 1. The molecule has 0 bridgehead atoms. The summed E-state index contributed by atoms with van der Waals surface area (Å²) in [6.45, 7) is 1.96. The molecule has 0 amide bonds. The largest absolute Gasteiger partial charge is 0.393 e. The molecule has 1 aliphatic rings. The van der Waals surface area contributed by atoms with Gasteiger partial charge < -0.3 is 10.2 Å². The van der Waals surface area contributed by atoms with Crippen molar-refractivity contribution < 1.29 is 14.6 Å². The zero-order valence-electron chi connectivity index (χ0n) is 10.1. The van der Waals surface area contributed by atoms with Crippen LogP contribution in [-0.2, 0) is 12.0 Å². The second-order valence-corrected chi connectivity index (χ2v) is 4.92. The van der Waals surface area contributed by atoms with Crippen LogP contribution in [-0.4, -0.2) is 16.3 Å². The van der Waals surface area contributed by atoms with E-state index in [1.165, 1.54) is 12.1 Å². The van der Waals surface area contributed by atoms with Gasteiger partial charge in [-0.2, -0.15) is 0 Å². The van der Waals surface area contributed by atoms with Crippen molar-refractivity contribution in [3.63, 3.8) is 0 Å². The molecule has 1 saturated carbocycles. The first kappa shape index (κ1) is 12.5. The lowest BCUT2D eigenvalue weighted by Gasteiger charge is -2.36. The Morgan fingerprint density at radius 2 is 2.00 bits per heavy atom. The molecular formula is C14H19FO2. The van der Waals surface area contributed by atoms with Gasteiger partial charge in [0.15, 0.2) is 0 Å². The predicted molar refractivity (Wildman–Crippen MR) is 64.1 cm³/mol. The van der Waals surface area contributed by atoms with Gasteiger partial charge in [-0.1, -0.05) is 13.0 Å². The van der Waals surface area contributed by atoms with Crippen molar-refractivity contribution in [3.8, 4) is 0 Å². The third-order valence-corrected chi connectivity index (χ3v) is 3.73. The minimum atomic E-state index is -0.891. The molecule has 1 aromatic rings. The minimum absolute atomic E-state index is 0.259. The van der Waals surface area contributed by atoms with Gasteiger partial charge in [-0.05, 0) is 55.4 Å². The molecule has 0 radical (unpaired) electrons. The maximum Gasteiger partial charge on any atom is 0.123 e. The Kier molecular flexibility index (Phi) is 3.50. The topological polar surface area (TPSA) is 40.5 Å². The van der Waals surface area contributed by atoms with E-state index >= 15 is 0 Å². The fourth-order valence-electron chi connectivity index (χ4n) is 2.66. The summed E-state index contributed by atoms with van der Waals surface area (Å²) in [6, 6.07) is 4.59. The molecule has 0 unspecified atom stereocenters. The Morgan fingerprint density at radius 1 is 1.35 bits per heavy atom. The van der Waals surface area contributed by atoms with E-state index in [4.69, 9.17) is 0 Å². The minimum Gasteiger partial charge on any atom is -0.393 e. The molecule has 2 rings (SSSR count). The van der Waals surface area contributed by atoms with Crippen molar-refractivity contribution in [3.05, 3.63) is 35.1 Å². The molecule has 3 heteroatoms. The van der Waals surface area contributed by atoms with Crippen LogP contribution in [0.1, 0.15) is 43.7 Å². The van der Waals surface area contributed by atoms with Crippen molar-refractivity contribution in [1.82, 2.24) is 0 Å². The summed E-state index contributed by atoms with van der Waals surface area (Å²) >= 11 is 0. The van der Waals surface area contributed by atoms with E-state index in [0.29, 0.717) is 32.1 Å². The third-order valence-electron chi connectivity index (χ3n) is 3.73. The molecule has 0 spiro atoms. The molecule has 17 heavy (non-hydrogen) atoms. The van der Waals surface area contributed by atoms with Gasteiger partial charge in [0.25, 0.3) is 0 Å². The second kappa shape index (κ2) is 4.75. The summed E-state index contributed by atoms with van der Waals surface area (Å²) in [5.41, 5.74) is 0.801. The van der Waals surface area contributed by atoms with Crippen molar-refractivity contribution in [1.29, 1.82) is 0 Å². The van der Waals surface area contributed by atoms with Gasteiger partial charge in [0, 0.05) is 0 Å². The molecule has 1 fully saturated rings. The lowest BCUT2D eigenvalue weighted by molar-refractivity contribution is -0.0367. The van der Waals surface area contributed by atoms with Crippen molar-refractivity contribution in [2.45, 2.75) is 50.7 Å².